The summed E-state index contributed by atoms with van der Waals surface area (Å²) in [7, 11) is 1.61. The largest absolute Gasteiger partial charge is 0.460 e. The van der Waals surface area contributed by atoms with E-state index in [4.69, 9.17) is 42.1 Å². The van der Waals surface area contributed by atoms with Crippen molar-refractivity contribution in [2.75, 3.05) is 46.8 Å². The molecule has 0 aromatic heterocycles. The number of hydrogen-bond donors (Lipinski definition) is 0. The second-order valence-electron chi connectivity index (χ2n) is 3.98. The second-order valence-corrected chi connectivity index (χ2v) is 4.82. The average molecular weight is 337 g/mol. The summed E-state index contributed by atoms with van der Waals surface area (Å²) in [5.74, 6) is -0.526. The Morgan fingerprint density at radius 2 is 1.62 bits per heavy atom. The van der Waals surface area contributed by atoms with Crippen LogP contribution in [0.1, 0.15) is 10.4 Å². The van der Waals surface area contributed by atoms with E-state index >= 15 is 0 Å². The minimum atomic E-state index is -0.526. The number of methoxy groups -OCH3 is 1. The van der Waals surface area contributed by atoms with E-state index in [1.54, 1.807) is 19.2 Å². The Bertz CT molecular complexity index is 439. The van der Waals surface area contributed by atoms with Gasteiger partial charge in [0, 0.05) is 12.1 Å². The third-order valence-corrected chi connectivity index (χ3v) is 2.98. The molecule has 118 valence electrons. The standard InChI is InChI=1S/C14H18Cl2O5/c1-18-4-5-19-6-7-20-8-9-21-14(17)12-10-11(15)2-3-13(12)16/h2-3,10H,4-9H2,1H3. The molecule has 21 heavy (non-hydrogen) atoms. The first-order valence-electron chi connectivity index (χ1n) is 6.41. The number of rotatable bonds is 10. The van der Waals surface area contributed by atoms with E-state index in [1.165, 1.54) is 6.07 Å². The van der Waals surface area contributed by atoms with Gasteiger partial charge < -0.3 is 18.9 Å². The van der Waals surface area contributed by atoms with Crippen LogP contribution >= 0.6 is 23.2 Å². The Morgan fingerprint density at radius 3 is 2.29 bits per heavy atom. The van der Waals surface area contributed by atoms with Crippen molar-refractivity contribution in [2.24, 2.45) is 0 Å². The molecule has 7 heteroatoms. The summed E-state index contributed by atoms with van der Waals surface area (Å²) in [4.78, 5) is 11.8. The number of ether oxygens (including phenoxy) is 4. The lowest BCUT2D eigenvalue weighted by Gasteiger charge is -2.08. The predicted octanol–water partition coefficient (Wildman–Crippen LogP) is 2.83. The van der Waals surface area contributed by atoms with Gasteiger partial charge in [0.15, 0.2) is 0 Å². The van der Waals surface area contributed by atoms with Crippen LogP contribution < -0.4 is 0 Å². The normalized spacial score (nSPS) is 10.6. The van der Waals surface area contributed by atoms with Crippen molar-refractivity contribution < 1.29 is 23.7 Å². The van der Waals surface area contributed by atoms with E-state index < -0.39 is 5.97 Å². The van der Waals surface area contributed by atoms with Gasteiger partial charge in [0.25, 0.3) is 0 Å². The van der Waals surface area contributed by atoms with Crippen LogP contribution in [0.5, 0.6) is 0 Å². The van der Waals surface area contributed by atoms with E-state index in [9.17, 15) is 4.79 Å². The molecule has 1 aromatic carbocycles. The zero-order valence-electron chi connectivity index (χ0n) is 11.8. The molecule has 0 spiro atoms. The van der Waals surface area contributed by atoms with E-state index in [-0.39, 0.29) is 18.8 Å². The molecule has 0 saturated carbocycles. The highest BCUT2D eigenvalue weighted by molar-refractivity contribution is 6.35. The SMILES string of the molecule is COCCOCCOCCOC(=O)c1cc(Cl)ccc1Cl. The molecule has 0 amide bonds. The lowest BCUT2D eigenvalue weighted by molar-refractivity contribution is 0.00571. The van der Waals surface area contributed by atoms with Crippen molar-refractivity contribution in [3.63, 3.8) is 0 Å². The fraction of sp³-hybridized carbons (Fsp3) is 0.500. The van der Waals surface area contributed by atoms with Gasteiger partial charge in [-0.25, -0.2) is 4.79 Å². The van der Waals surface area contributed by atoms with Gasteiger partial charge in [-0.2, -0.15) is 0 Å². The van der Waals surface area contributed by atoms with Crippen LogP contribution in [-0.2, 0) is 18.9 Å². The molecule has 0 saturated heterocycles. The Balaban J connectivity index is 2.12. The maximum Gasteiger partial charge on any atom is 0.339 e. The minimum Gasteiger partial charge on any atom is -0.460 e. The molecule has 0 unspecified atom stereocenters. The molecule has 0 aliphatic heterocycles. The van der Waals surface area contributed by atoms with Crippen molar-refractivity contribution in [2.45, 2.75) is 0 Å². The molecule has 1 aromatic rings. The van der Waals surface area contributed by atoms with Gasteiger partial charge in [-0.05, 0) is 18.2 Å². The Kier molecular flexibility index (Phi) is 9.37. The molecule has 0 radical (unpaired) electrons. The summed E-state index contributed by atoms with van der Waals surface area (Å²) >= 11 is 11.7. The zero-order chi connectivity index (χ0) is 15.5. The van der Waals surface area contributed by atoms with Crippen LogP contribution in [0.25, 0.3) is 0 Å². The van der Waals surface area contributed by atoms with E-state index in [0.717, 1.165) is 0 Å². The molecule has 1 rings (SSSR count). The average Bonchev–Trinajstić information content (AvgIpc) is 2.48. The first kappa shape index (κ1) is 18.2. The van der Waals surface area contributed by atoms with Gasteiger partial charge in [-0.15, -0.1) is 0 Å². The fourth-order valence-electron chi connectivity index (χ4n) is 1.39. The molecule has 0 atom stereocenters. The molecule has 0 N–H and O–H groups in total. The van der Waals surface area contributed by atoms with E-state index in [2.05, 4.69) is 0 Å². The molecule has 0 bridgehead atoms. The maximum absolute atomic E-state index is 11.8. The first-order chi connectivity index (χ1) is 10.1. The summed E-state index contributed by atoms with van der Waals surface area (Å²) in [6.07, 6.45) is 0. The third-order valence-electron chi connectivity index (χ3n) is 2.41. The van der Waals surface area contributed by atoms with Gasteiger partial charge in [0.1, 0.15) is 6.61 Å². The summed E-state index contributed by atoms with van der Waals surface area (Å²) in [6.45, 7) is 2.41. The summed E-state index contributed by atoms with van der Waals surface area (Å²) in [6, 6.07) is 4.62. The summed E-state index contributed by atoms with van der Waals surface area (Å²) in [5, 5.41) is 0.729. The Hall–Kier alpha value is -0.850. The minimum absolute atomic E-state index is 0.139. The molecule has 0 aliphatic carbocycles. The van der Waals surface area contributed by atoms with Gasteiger partial charge in [0.2, 0.25) is 0 Å². The van der Waals surface area contributed by atoms with Crippen molar-refractivity contribution >= 4 is 29.2 Å². The molecule has 0 aliphatic rings. The van der Waals surface area contributed by atoms with Crippen LogP contribution in [0.15, 0.2) is 18.2 Å². The Labute approximate surface area is 134 Å². The number of halogens is 2. The monoisotopic (exact) mass is 336 g/mol. The van der Waals surface area contributed by atoms with E-state index in [0.29, 0.717) is 36.5 Å². The third kappa shape index (κ3) is 7.64. The predicted molar refractivity (Wildman–Crippen MR) is 80.3 cm³/mol. The van der Waals surface area contributed by atoms with Crippen LogP contribution in [0.3, 0.4) is 0 Å². The first-order valence-corrected chi connectivity index (χ1v) is 7.17. The number of hydrogen-bond acceptors (Lipinski definition) is 5. The quantitative estimate of drug-likeness (QED) is 0.485. The highest BCUT2D eigenvalue weighted by Crippen LogP contribution is 2.21. The van der Waals surface area contributed by atoms with Crippen LogP contribution in [0, 0.1) is 0 Å². The van der Waals surface area contributed by atoms with Gasteiger partial charge in [-0.3, -0.25) is 0 Å². The van der Waals surface area contributed by atoms with Crippen molar-refractivity contribution in [1.29, 1.82) is 0 Å². The van der Waals surface area contributed by atoms with Crippen LogP contribution in [0.4, 0.5) is 0 Å². The molecule has 0 heterocycles. The number of carbonyl (C=O) groups excluding carboxylic acids is 1. The number of benzene rings is 1. The van der Waals surface area contributed by atoms with Crippen LogP contribution in [-0.4, -0.2) is 52.7 Å². The zero-order valence-corrected chi connectivity index (χ0v) is 13.3. The van der Waals surface area contributed by atoms with Gasteiger partial charge >= 0.3 is 5.97 Å². The topological polar surface area (TPSA) is 54.0 Å². The molecular weight excluding hydrogens is 319 g/mol. The Morgan fingerprint density at radius 1 is 1.00 bits per heavy atom. The van der Waals surface area contributed by atoms with Crippen molar-refractivity contribution in [3.8, 4) is 0 Å². The molecule has 5 nitrogen and oxygen atoms in total. The summed E-state index contributed by atoms with van der Waals surface area (Å²) < 4.78 is 20.3. The van der Waals surface area contributed by atoms with Crippen LogP contribution in [0.2, 0.25) is 10.0 Å². The van der Waals surface area contributed by atoms with Crippen molar-refractivity contribution in [1.82, 2.24) is 0 Å². The molecule has 0 fully saturated rings. The smallest absolute Gasteiger partial charge is 0.339 e. The van der Waals surface area contributed by atoms with Crippen molar-refractivity contribution in [3.05, 3.63) is 33.8 Å². The summed E-state index contributed by atoms with van der Waals surface area (Å²) in [5.41, 5.74) is 0.243. The second kappa shape index (κ2) is 10.8. The fourth-order valence-corrected chi connectivity index (χ4v) is 1.76. The number of carbonyl (C=O) groups is 1. The lowest BCUT2D eigenvalue weighted by atomic mass is 10.2. The van der Waals surface area contributed by atoms with Gasteiger partial charge in [-0.1, -0.05) is 23.2 Å². The maximum atomic E-state index is 11.8. The van der Waals surface area contributed by atoms with Gasteiger partial charge in [0.05, 0.1) is 43.6 Å². The highest BCUT2D eigenvalue weighted by Gasteiger charge is 2.12. The highest BCUT2D eigenvalue weighted by atomic mass is 35.5. The van der Waals surface area contributed by atoms with E-state index in [1.807, 2.05) is 0 Å². The lowest BCUT2D eigenvalue weighted by Crippen LogP contribution is -2.14. The number of esters is 1. The molecular formula is C14H18Cl2O5.